The molecule has 0 radical (unpaired) electrons. The minimum atomic E-state index is 0.0875. The summed E-state index contributed by atoms with van der Waals surface area (Å²) < 4.78 is 0. The maximum absolute atomic E-state index is 8.93. The van der Waals surface area contributed by atoms with Crippen LogP contribution in [0.4, 0.5) is 5.69 Å². The second kappa shape index (κ2) is 6.79. The van der Waals surface area contributed by atoms with Gasteiger partial charge >= 0.3 is 0 Å². The summed E-state index contributed by atoms with van der Waals surface area (Å²) in [5, 5.41) is 13.4. The minimum Gasteiger partial charge on any atom is -0.395 e. The summed E-state index contributed by atoms with van der Waals surface area (Å²) in [7, 11) is 0. The lowest BCUT2D eigenvalue weighted by atomic mass is 10.2. The molecule has 0 aliphatic rings. The number of benzene rings is 1. The van der Waals surface area contributed by atoms with Crippen LogP contribution in [0.5, 0.6) is 0 Å². The number of aliphatic hydroxyl groups is 1. The molecule has 0 saturated heterocycles. The summed E-state index contributed by atoms with van der Waals surface area (Å²) in [5.41, 5.74) is 1.87. The number of nitrogens with one attached hydrogen (secondary N) is 1. The number of thiocarbonyl (C=S) groups is 1. The van der Waals surface area contributed by atoms with Gasteiger partial charge in [-0.15, -0.1) is 0 Å². The van der Waals surface area contributed by atoms with Gasteiger partial charge in [0.1, 0.15) is 0 Å². The van der Waals surface area contributed by atoms with E-state index in [1.165, 1.54) is 0 Å². The van der Waals surface area contributed by atoms with Gasteiger partial charge in [-0.3, -0.25) is 0 Å². The zero-order valence-corrected chi connectivity index (χ0v) is 11.6. The van der Waals surface area contributed by atoms with Crippen LogP contribution in [-0.2, 0) is 0 Å². The molecule has 0 unspecified atom stereocenters. The molecule has 0 aromatic heterocycles. The molecule has 0 fully saturated rings. The first-order valence-corrected chi connectivity index (χ1v) is 6.30. The second-order valence-corrected chi connectivity index (χ2v) is 4.44. The molecular weight excluding hydrogens is 256 g/mol. The van der Waals surface area contributed by atoms with Gasteiger partial charge in [0.2, 0.25) is 0 Å². The fourth-order valence-electron chi connectivity index (χ4n) is 1.46. The fourth-order valence-corrected chi connectivity index (χ4v) is 1.97. The number of halogens is 1. The molecule has 0 saturated carbocycles. The van der Waals surface area contributed by atoms with E-state index in [9.17, 15) is 0 Å². The predicted octanol–water partition coefficient (Wildman–Crippen LogP) is 2.66. The van der Waals surface area contributed by atoms with Crippen molar-refractivity contribution in [3.8, 4) is 0 Å². The molecule has 1 aromatic rings. The minimum absolute atomic E-state index is 0.0875. The van der Waals surface area contributed by atoms with Gasteiger partial charge in [-0.25, -0.2) is 0 Å². The van der Waals surface area contributed by atoms with Gasteiger partial charge in [-0.2, -0.15) is 0 Å². The number of hydrogen-bond acceptors (Lipinski definition) is 2. The Balaban J connectivity index is 2.76. The van der Waals surface area contributed by atoms with Crippen LogP contribution in [0.1, 0.15) is 12.5 Å². The summed E-state index contributed by atoms with van der Waals surface area (Å²) in [6, 6.07) is 5.65. The standard InChI is InChI=1S/C12H17ClN2OS/c1-3-15(7-8-16)12(17)14-11-6-4-5-10(13)9(11)2/h4-6,16H,3,7-8H2,1-2H3,(H,14,17). The van der Waals surface area contributed by atoms with E-state index in [4.69, 9.17) is 28.9 Å². The third-order valence-corrected chi connectivity index (χ3v) is 3.32. The van der Waals surface area contributed by atoms with Crippen molar-refractivity contribution in [2.75, 3.05) is 25.0 Å². The fraction of sp³-hybridized carbons (Fsp3) is 0.417. The Labute approximate surface area is 112 Å². The molecule has 0 aliphatic carbocycles. The van der Waals surface area contributed by atoms with E-state index in [2.05, 4.69) is 5.32 Å². The third kappa shape index (κ3) is 3.84. The first-order valence-electron chi connectivity index (χ1n) is 5.52. The van der Waals surface area contributed by atoms with Crippen LogP contribution in [0.25, 0.3) is 0 Å². The van der Waals surface area contributed by atoms with E-state index in [-0.39, 0.29) is 6.61 Å². The average molecular weight is 273 g/mol. The molecule has 0 heterocycles. The lowest BCUT2D eigenvalue weighted by molar-refractivity contribution is 0.254. The zero-order valence-electron chi connectivity index (χ0n) is 10.0. The number of hydrogen-bond donors (Lipinski definition) is 2. The van der Waals surface area contributed by atoms with Crippen molar-refractivity contribution in [1.82, 2.24) is 4.90 Å². The van der Waals surface area contributed by atoms with Crippen LogP contribution in [0.3, 0.4) is 0 Å². The highest BCUT2D eigenvalue weighted by Crippen LogP contribution is 2.23. The van der Waals surface area contributed by atoms with E-state index in [0.29, 0.717) is 16.7 Å². The van der Waals surface area contributed by atoms with E-state index in [1.54, 1.807) is 0 Å². The van der Waals surface area contributed by atoms with E-state index in [0.717, 1.165) is 17.8 Å². The van der Waals surface area contributed by atoms with Gasteiger partial charge in [0.05, 0.1) is 6.61 Å². The summed E-state index contributed by atoms with van der Waals surface area (Å²) in [4.78, 5) is 1.90. The lowest BCUT2D eigenvalue weighted by Gasteiger charge is -2.24. The molecule has 1 aromatic carbocycles. The Morgan fingerprint density at radius 1 is 1.53 bits per heavy atom. The Hall–Kier alpha value is -0.840. The molecule has 5 heteroatoms. The lowest BCUT2D eigenvalue weighted by Crippen LogP contribution is -2.36. The normalized spacial score (nSPS) is 10.1. The summed E-state index contributed by atoms with van der Waals surface area (Å²) in [6.45, 7) is 5.31. The first kappa shape index (κ1) is 14.2. The topological polar surface area (TPSA) is 35.5 Å². The van der Waals surface area contributed by atoms with E-state index >= 15 is 0 Å². The van der Waals surface area contributed by atoms with Crippen molar-refractivity contribution in [2.24, 2.45) is 0 Å². The Morgan fingerprint density at radius 3 is 2.82 bits per heavy atom. The molecule has 94 valence electrons. The number of rotatable bonds is 4. The highest BCUT2D eigenvalue weighted by Gasteiger charge is 2.09. The number of aliphatic hydroxyl groups excluding tert-OH is 1. The Morgan fingerprint density at radius 2 is 2.24 bits per heavy atom. The SMILES string of the molecule is CCN(CCO)C(=S)Nc1cccc(Cl)c1C. The molecule has 0 spiro atoms. The highest BCUT2D eigenvalue weighted by atomic mass is 35.5. The van der Waals surface area contributed by atoms with Gasteiger partial charge in [0, 0.05) is 23.8 Å². The van der Waals surface area contributed by atoms with Crippen LogP contribution < -0.4 is 5.32 Å². The van der Waals surface area contributed by atoms with Gasteiger partial charge in [0.25, 0.3) is 0 Å². The van der Waals surface area contributed by atoms with Crippen molar-refractivity contribution >= 4 is 34.6 Å². The number of nitrogens with zero attached hydrogens (tertiary/aromatic N) is 1. The van der Waals surface area contributed by atoms with Gasteiger partial charge in [0.15, 0.2) is 5.11 Å². The molecule has 1 rings (SSSR count). The maximum Gasteiger partial charge on any atom is 0.173 e. The largest absolute Gasteiger partial charge is 0.395 e. The molecule has 2 N–H and O–H groups in total. The van der Waals surface area contributed by atoms with Crippen molar-refractivity contribution in [1.29, 1.82) is 0 Å². The smallest absolute Gasteiger partial charge is 0.173 e. The quantitative estimate of drug-likeness (QED) is 0.826. The van der Waals surface area contributed by atoms with Crippen molar-refractivity contribution in [3.05, 3.63) is 28.8 Å². The maximum atomic E-state index is 8.93. The molecule has 0 atom stereocenters. The van der Waals surface area contributed by atoms with Crippen LogP contribution in [0.2, 0.25) is 5.02 Å². The molecule has 3 nitrogen and oxygen atoms in total. The van der Waals surface area contributed by atoms with Crippen LogP contribution in [0.15, 0.2) is 18.2 Å². The Bertz CT molecular complexity index is 398. The van der Waals surface area contributed by atoms with E-state index < -0.39 is 0 Å². The van der Waals surface area contributed by atoms with Crippen LogP contribution in [0, 0.1) is 6.92 Å². The summed E-state index contributed by atoms with van der Waals surface area (Å²) in [6.07, 6.45) is 0. The predicted molar refractivity (Wildman–Crippen MR) is 76.7 cm³/mol. The number of anilines is 1. The van der Waals surface area contributed by atoms with Gasteiger partial charge < -0.3 is 15.3 Å². The van der Waals surface area contributed by atoms with Gasteiger partial charge in [-0.1, -0.05) is 17.7 Å². The Kier molecular flexibility index (Phi) is 5.68. The summed E-state index contributed by atoms with van der Waals surface area (Å²) in [5.74, 6) is 0. The number of likely N-dealkylation sites (N-methyl/N-ethyl adjacent to an activating group) is 1. The molecule has 17 heavy (non-hydrogen) atoms. The zero-order chi connectivity index (χ0) is 12.8. The van der Waals surface area contributed by atoms with Crippen LogP contribution in [-0.4, -0.2) is 34.8 Å². The molecular formula is C12H17ClN2OS. The monoisotopic (exact) mass is 272 g/mol. The summed E-state index contributed by atoms with van der Waals surface area (Å²) >= 11 is 11.3. The van der Waals surface area contributed by atoms with Crippen molar-refractivity contribution < 1.29 is 5.11 Å². The second-order valence-electron chi connectivity index (χ2n) is 3.65. The average Bonchev–Trinajstić information content (AvgIpc) is 2.31. The molecule has 0 bridgehead atoms. The first-order chi connectivity index (χ1) is 8.10. The van der Waals surface area contributed by atoms with Crippen molar-refractivity contribution in [3.63, 3.8) is 0 Å². The highest BCUT2D eigenvalue weighted by molar-refractivity contribution is 7.80. The molecule has 0 aliphatic heterocycles. The third-order valence-electron chi connectivity index (χ3n) is 2.55. The van der Waals surface area contributed by atoms with Crippen molar-refractivity contribution in [2.45, 2.75) is 13.8 Å². The van der Waals surface area contributed by atoms with Crippen LogP contribution >= 0.6 is 23.8 Å². The van der Waals surface area contributed by atoms with Gasteiger partial charge in [-0.05, 0) is 43.8 Å². The van der Waals surface area contributed by atoms with E-state index in [1.807, 2.05) is 36.9 Å². The molecule has 0 amide bonds.